The van der Waals surface area contributed by atoms with Gasteiger partial charge in [-0.2, -0.15) is 0 Å². The van der Waals surface area contributed by atoms with Crippen LogP contribution in [0, 0.1) is 5.92 Å². The molecule has 0 saturated heterocycles. The van der Waals surface area contributed by atoms with Crippen LogP contribution in [-0.4, -0.2) is 16.1 Å². The molecule has 0 saturated carbocycles. The first-order valence-electron chi connectivity index (χ1n) is 6.11. The number of hydrogen-bond acceptors (Lipinski definition) is 3. The molecule has 1 aromatic heterocycles. The molecule has 0 radical (unpaired) electrons. The van der Waals surface area contributed by atoms with Crippen LogP contribution in [0.25, 0.3) is 10.6 Å². The fraction of sp³-hybridized carbons (Fsp3) is 0.286. The van der Waals surface area contributed by atoms with E-state index in [0.29, 0.717) is 12.8 Å². The smallest absolute Gasteiger partial charge is 0.306 e. The van der Waals surface area contributed by atoms with E-state index in [1.807, 2.05) is 24.3 Å². The fourth-order valence-electron chi connectivity index (χ4n) is 2.33. The Balaban J connectivity index is 1.93. The molecular weight excluding hydrogens is 326 g/mol. The summed E-state index contributed by atoms with van der Waals surface area (Å²) in [5, 5.41) is 10.1. The summed E-state index contributed by atoms with van der Waals surface area (Å²) >= 11 is 5.08. The van der Waals surface area contributed by atoms with Gasteiger partial charge in [0, 0.05) is 14.9 Å². The molecule has 3 rings (SSSR count). The predicted molar refractivity (Wildman–Crippen MR) is 78.4 cm³/mol. The van der Waals surface area contributed by atoms with Gasteiger partial charge in [-0.05, 0) is 31.4 Å². The van der Waals surface area contributed by atoms with Crippen molar-refractivity contribution >= 4 is 33.2 Å². The lowest BCUT2D eigenvalue weighted by atomic mass is 9.91. The fourth-order valence-corrected chi connectivity index (χ4v) is 3.91. The number of carbonyl (C=O) groups is 1. The third-order valence-corrected chi connectivity index (χ3v) is 5.02. The van der Waals surface area contributed by atoms with Gasteiger partial charge in [0.15, 0.2) is 0 Å². The maximum atomic E-state index is 11.1. The lowest BCUT2D eigenvalue weighted by Crippen LogP contribution is -2.21. The van der Waals surface area contributed by atoms with Crippen LogP contribution in [0.1, 0.15) is 17.0 Å². The Bertz CT molecular complexity index is 638. The molecule has 0 amide bonds. The predicted octanol–water partition coefficient (Wildman–Crippen LogP) is 3.76. The quantitative estimate of drug-likeness (QED) is 0.907. The molecule has 98 valence electrons. The molecule has 0 spiro atoms. The van der Waals surface area contributed by atoms with E-state index >= 15 is 0 Å². The number of halogens is 1. The van der Waals surface area contributed by atoms with Gasteiger partial charge in [0.25, 0.3) is 0 Å². The number of nitrogens with zero attached hydrogens (tertiary/aromatic N) is 1. The van der Waals surface area contributed by atoms with Crippen LogP contribution in [0.15, 0.2) is 28.7 Å². The molecule has 3 nitrogen and oxygen atoms in total. The highest BCUT2D eigenvalue weighted by atomic mass is 79.9. The minimum Gasteiger partial charge on any atom is -0.481 e. The Hall–Kier alpha value is -1.20. The Morgan fingerprint density at radius 3 is 3.05 bits per heavy atom. The summed E-state index contributed by atoms with van der Waals surface area (Å²) in [5.74, 6) is -0.939. The second kappa shape index (κ2) is 5.06. The van der Waals surface area contributed by atoms with Crippen LogP contribution in [0.2, 0.25) is 0 Å². The van der Waals surface area contributed by atoms with Crippen molar-refractivity contribution in [2.24, 2.45) is 5.92 Å². The summed E-state index contributed by atoms with van der Waals surface area (Å²) < 4.78 is 1.03. The summed E-state index contributed by atoms with van der Waals surface area (Å²) in [7, 11) is 0. The molecule has 2 aromatic rings. The second-order valence-corrected chi connectivity index (χ2v) is 6.68. The number of benzene rings is 1. The lowest BCUT2D eigenvalue weighted by molar-refractivity contribution is -0.142. The summed E-state index contributed by atoms with van der Waals surface area (Å²) in [6, 6.07) is 8.04. The molecule has 1 aromatic carbocycles. The maximum Gasteiger partial charge on any atom is 0.306 e. The molecule has 0 aliphatic heterocycles. The lowest BCUT2D eigenvalue weighted by Gasteiger charge is -2.16. The highest BCUT2D eigenvalue weighted by molar-refractivity contribution is 9.10. The molecule has 1 unspecified atom stereocenters. The third-order valence-electron chi connectivity index (χ3n) is 3.36. The average molecular weight is 338 g/mol. The highest BCUT2D eigenvalue weighted by Crippen LogP contribution is 2.35. The van der Waals surface area contributed by atoms with E-state index in [4.69, 9.17) is 5.11 Å². The Morgan fingerprint density at radius 1 is 1.47 bits per heavy atom. The number of aryl methyl sites for hydroxylation is 1. The molecule has 19 heavy (non-hydrogen) atoms. The van der Waals surface area contributed by atoms with Crippen molar-refractivity contribution in [2.75, 3.05) is 0 Å². The minimum atomic E-state index is -0.692. The van der Waals surface area contributed by atoms with E-state index < -0.39 is 5.97 Å². The van der Waals surface area contributed by atoms with Crippen LogP contribution in [0.4, 0.5) is 0 Å². The normalized spacial score (nSPS) is 18.1. The van der Waals surface area contributed by atoms with E-state index in [-0.39, 0.29) is 5.92 Å². The molecule has 1 N–H and O–H groups in total. The van der Waals surface area contributed by atoms with Crippen LogP contribution >= 0.6 is 27.3 Å². The van der Waals surface area contributed by atoms with Gasteiger partial charge < -0.3 is 5.11 Å². The van der Waals surface area contributed by atoms with E-state index in [0.717, 1.165) is 32.0 Å². The first-order chi connectivity index (χ1) is 9.13. The first-order valence-corrected chi connectivity index (χ1v) is 7.72. The van der Waals surface area contributed by atoms with Gasteiger partial charge in [-0.3, -0.25) is 4.79 Å². The largest absolute Gasteiger partial charge is 0.481 e. The van der Waals surface area contributed by atoms with E-state index in [2.05, 4.69) is 20.9 Å². The summed E-state index contributed by atoms with van der Waals surface area (Å²) in [6.45, 7) is 0. The topological polar surface area (TPSA) is 50.2 Å². The number of aromatic nitrogens is 1. The standard InChI is InChI=1S/C14H12BrNO2S/c15-10-3-1-2-8(6-10)13-16-11-5-4-9(14(17)18)7-12(11)19-13/h1-3,6,9H,4-5,7H2,(H,17,18). The number of hydrogen-bond donors (Lipinski definition) is 1. The van der Waals surface area contributed by atoms with E-state index in [9.17, 15) is 4.79 Å². The van der Waals surface area contributed by atoms with Gasteiger partial charge in [-0.1, -0.05) is 28.1 Å². The molecule has 0 fully saturated rings. The molecule has 1 aliphatic carbocycles. The zero-order valence-electron chi connectivity index (χ0n) is 10.1. The van der Waals surface area contributed by atoms with Crippen LogP contribution in [0.3, 0.4) is 0 Å². The molecule has 5 heteroatoms. The van der Waals surface area contributed by atoms with Crippen molar-refractivity contribution in [3.8, 4) is 10.6 Å². The van der Waals surface area contributed by atoms with Crippen LogP contribution in [0.5, 0.6) is 0 Å². The zero-order valence-corrected chi connectivity index (χ0v) is 12.5. The van der Waals surface area contributed by atoms with Gasteiger partial charge in [0.1, 0.15) is 5.01 Å². The Morgan fingerprint density at radius 2 is 2.32 bits per heavy atom. The Kier molecular flexibility index (Phi) is 3.41. The summed E-state index contributed by atoms with van der Waals surface area (Å²) in [6.07, 6.45) is 2.09. The molecule has 1 heterocycles. The Labute approximate surface area is 123 Å². The van der Waals surface area contributed by atoms with Gasteiger partial charge in [0.05, 0.1) is 11.6 Å². The van der Waals surface area contributed by atoms with Gasteiger partial charge in [0.2, 0.25) is 0 Å². The van der Waals surface area contributed by atoms with Crippen molar-refractivity contribution in [3.05, 3.63) is 39.3 Å². The number of fused-ring (bicyclic) bond motifs is 1. The molecule has 1 aliphatic rings. The van der Waals surface area contributed by atoms with Crippen LogP contribution in [-0.2, 0) is 17.6 Å². The van der Waals surface area contributed by atoms with Gasteiger partial charge in [-0.15, -0.1) is 11.3 Å². The number of thiazole rings is 1. The third kappa shape index (κ3) is 2.58. The van der Waals surface area contributed by atoms with E-state index in [1.165, 1.54) is 0 Å². The monoisotopic (exact) mass is 337 g/mol. The molecular formula is C14H12BrNO2S. The summed E-state index contributed by atoms with van der Waals surface area (Å²) in [5.41, 5.74) is 2.16. The SMILES string of the molecule is O=C(O)C1CCc2nc(-c3cccc(Br)c3)sc2C1. The number of aliphatic carboxylic acids is 1. The molecule has 1 atom stereocenters. The van der Waals surface area contributed by atoms with Crippen molar-refractivity contribution in [2.45, 2.75) is 19.3 Å². The van der Waals surface area contributed by atoms with Gasteiger partial charge in [-0.25, -0.2) is 4.98 Å². The minimum absolute atomic E-state index is 0.247. The number of rotatable bonds is 2. The van der Waals surface area contributed by atoms with Crippen molar-refractivity contribution in [1.29, 1.82) is 0 Å². The number of carboxylic acids is 1. The van der Waals surface area contributed by atoms with Gasteiger partial charge >= 0.3 is 5.97 Å². The van der Waals surface area contributed by atoms with Crippen LogP contribution < -0.4 is 0 Å². The van der Waals surface area contributed by atoms with Crippen molar-refractivity contribution in [1.82, 2.24) is 4.98 Å². The van der Waals surface area contributed by atoms with Crippen molar-refractivity contribution < 1.29 is 9.90 Å². The summed E-state index contributed by atoms with van der Waals surface area (Å²) in [4.78, 5) is 16.9. The maximum absolute atomic E-state index is 11.1. The highest BCUT2D eigenvalue weighted by Gasteiger charge is 2.27. The van der Waals surface area contributed by atoms with Crippen molar-refractivity contribution in [3.63, 3.8) is 0 Å². The first kappa shape index (κ1) is 12.8. The average Bonchev–Trinajstić information content (AvgIpc) is 2.81. The molecule has 0 bridgehead atoms. The second-order valence-electron chi connectivity index (χ2n) is 4.68. The number of carboxylic acid groups (broad SMARTS) is 1. The zero-order chi connectivity index (χ0) is 13.4. The van der Waals surface area contributed by atoms with E-state index in [1.54, 1.807) is 11.3 Å².